The van der Waals surface area contributed by atoms with Crippen LogP contribution in [0.5, 0.6) is 0 Å². The van der Waals surface area contributed by atoms with Crippen molar-refractivity contribution in [3.63, 3.8) is 0 Å². The van der Waals surface area contributed by atoms with Gasteiger partial charge in [-0.2, -0.15) is 0 Å². The maximum absolute atomic E-state index is 13.0. The fourth-order valence-electron chi connectivity index (χ4n) is 2.32. The van der Waals surface area contributed by atoms with Crippen molar-refractivity contribution >= 4 is 6.03 Å². The van der Waals surface area contributed by atoms with Crippen LogP contribution in [-0.2, 0) is 13.0 Å². The molecule has 2 amide bonds. The quantitative estimate of drug-likeness (QED) is 0.886. The van der Waals surface area contributed by atoms with Gasteiger partial charge in [-0.05, 0) is 30.0 Å². The highest BCUT2D eigenvalue weighted by Gasteiger charge is 2.19. The van der Waals surface area contributed by atoms with E-state index in [4.69, 9.17) is 0 Å². The van der Waals surface area contributed by atoms with Crippen LogP contribution in [0.2, 0.25) is 0 Å². The third-order valence-corrected chi connectivity index (χ3v) is 3.84. The van der Waals surface area contributed by atoms with Gasteiger partial charge in [0.2, 0.25) is 0 Å². The Morgan fingerprint density at radius 3 is 2.54 bits per heavy atom. The van der Waals surface area contributed by atoms with Crippen LogP contribution < -0.4 is 5.32 Å². The molecule has 1 heterocycles. The lowest BCUT2D eigenvalue weighted by atomic mass is 9.96. The molecule has 1 atom stereocenters. The van der Waals surface area contributed by atoms with Crippen LogP contribution in [0, 0.1) is 11.7 Å². The Morgan fingerprint density at radius 1 is 1.25 bits per heavy atom. The van der Waals surface area contributed by atoms with E-state index in [1.54, 1.807) is 42.7 Å². The van der Waals surface area contributed by atoms with E-state index in [9.17, 15) is 9.18 Å². The van der Waals surface area contributed by atoms with Crippen molar-refractivity contribution in [2.75, 3.05) is 7.05 Å². The number of benzene rings is 1. The summed E-state index contributed by atoms with van der Waals surface area (Å²) in [6.07, 6.45) is 5.50. The summed E-state index contributed by atoms with van der Waals surface area (Å²) in [5.74, 6) is -0.00323. The van der Waals surface area contributed by atoms with Crippen LogP contribution in [0.3, 0.4) is 0 Å². The molecule has 2 rings (SSSR count). The van der Waals surface area contributed by atoms with Gasteiger partial charge in [-0.1, -0.05) is 26.0 Å². The summed E-state index contributed by atoms with van der Waals surface area (Å²) in [7, 11) is 1.72. The highest BCUT2D eigenvalue weighted by Crippen LogP contribution is 2.12. The average Bonchev–Trinajstić information content (AvgIpc) is 2.56. The monoisotopic (exact) mass is 330 g/mol. The second-order valence-corrected chi connectivity index (χ2v) is 6.18. The van der Waals surface area contributed by atoms with Crippen LogP contribution >= 0.6 is 0 Å². The Hall–Kier alpha value is -2.50. The van der Waals surface area contributed by atoms with Crippen LogP contribution in [-0.4, -0.2) is 34.0 Å². The maximum atomic E-state index is 13.0. The molecule has 24 heavy (non-hydrogen) atoms. The number of carbonyl (C=O) groups is 1. The molecule has 0 unspecified atom stereocenters. The van der Waals surface area contributed by atoms with Gasteiger partial charge < -0.3 is 10.2 Å². The van der Waals surface area contributed by atoms with E-state index >= 15 is 0 Å². The molecular formula is C18H23FN4O. The molecule has 0 aliphatic heterocycles. The summed E-state index contributed by atoms with van der Waals surface area (Å²) < 4.78 is 13.0. The van der Waals surface area contributed by atoms with Crippen molar-refractivity contribution in [1.82, 2.24) is 20.2 Å². The highest BCUT2D eigenvalue weighted by molar-refractivity contribution is 5.74. The first kappa shape index (κ1) is 17.8. The molecule has 1 aromatic heterocycles. The Balaban J connectivity index is 1.96. The minimum atomic E-state index is -0.257. The number of nitrogens with one attached hydrogen (secondary N) is 1. The number of nitrogens with zero attached hydrogens (tertiary/aromatic N) is 3. The third-order valence-electron chi connectivity index (χ3n) is 3.84. The van der Waals surface area contributed by atoms with E-state index in [1.165, 1.54) is 12.1 Å². The van der Waals surface area contributed by atoms with Gasteiger partial charge in [-0.25, -0.2) is 9.18 Å². The minimum Gasteiger partial charge on any atom is -0.335 e. The molecule has 0 saturated carbocycles. The Bertz CT molecular complexity index is 646. The molecule has 128 valence electrons. The SMILES string of the molecule is CC(C)[C@H](Cc1ccc(F)cc1)NC(=O)N(C)Cc1cnccn1. The topological polar surface area (TPSA) is 58.1 Å². The first-order valence-electron chi connectivity index (χ1n) is 7.96. The van der Waals surface area contributed by atoms with Gasteiger partial charge in [0.1, 0.15) is 5.82 Å². The van der Waals surface area contributed by atoms with Crippen LogP contribution in [0.25, 0.3) is 0 Å². The lowest BCUT2D eigenvalue weighted by Gasteiger charge is -2.26. The van der Waals surface area contributed by atoms with Gasteiger partial charge in [-0.3, -0.25) is 9.97 Å². The van der Waals surface area contributed by atoms with Crippen LogP contribution in [0.4, 0.5) is 9.18 Å². The van der Waals surface area contributed by atoms with Gasteiger partial charge in [0.25, 0.3) is 0 Å². The van der Waals surface area contributed by atoms with E-state index in [1.807, 2.05) is 0 Å². The van der Waals surface area contributed by atoms with Crippen molar-refractivity contribution in [2.24, 2.45) is 5.92 Å². The maximum Gasteiger partial charge on any atom is 0.317 e. The van der Waals surface area contributed by atoms with E-state index < -0.39 is 0 Å². The van der Waals surface area contributed by atoms with E-state index in [-0.39, 0.29) is 23.8 Å². The van der Waals surface area contributed by atoms with Gasteiger partial charge in [0, 0.05) is 25.5 Å². The summed E-state index contributed by atoms with van der Waals surface area (Å²) in [6, 6.07) is 6.18. The number of rotatable bonds is 6. The standard InChI is InChI=1S/C18H23FN4O/c1-13(2)17(10-14-4-6-15(19)7-5-14)22-18(24)23(3)12-16-11-20-8-9-21-16/h4-9,11,13,17H,10,12H2,1-3H3,(H,22,24)/t17-/m0/s1. The van der Waals surface area contributed by atoms with Gasteiger partial charge in [-0.15, -0.1) is 0 Å². The third kappa shape index (κ3) is 5.30. The molecule has 0 fully saturated rings. The lowest BCUT2D eigenvalue weighted by molar-refractivity contribution is 0.198. The molecule has 0 bridgehead atoms. The largest absolute Gasteiger partial charge is 0.335 e. The van der Waals surface area contributed by atoms with E-state index in [2.05, 4.69) is 29.1 Å². The lowest BCUT2D eigenvalue weighted by Crippen LogP contribution is -2.46. The zero-order valence-corrected chi connectivity index (χ0v) is 14.2. The smallest absolute Gasteiger partial charge is 0.317 e. The number of amides is 2. The van der Waals surface area contributed by atoms with Crippen LogP contribution in [0.15, 0.2) is 42.9 Å². The Labute approximate surface area is 141 Å². The van der Waals surface area contributed by atoms with Gasteiger partial charge in [0.15, 0.2) is 0 Å². The Morgan fingerprint density at radius 2 is 1.96 bits per heavy atom. The zero-order chi connectivity index (χ0) is 17.5. The molecule has 5 nitrogen and oxygen atoms in total. The van der Waals surface area contributed by atoms with Crippen molar-refractivity contribution in [1.29, 1.82) is 0 Å². The normalized spacial score (nSPS) is 12.0. The number of hydrogen-bond acceptors (Lipinski definition) is 3. The summed E-state index contributed by atoms with van der Waals surface area (Å²) in [5.41, 5.74) is 1.72. The van der Waals surface area contributed by atoms with Crippen molar-refractivity contribution < 1.29 is 9.18 Å². The first-order chi connectivity index (χ1) is 11.5. The first-order valence-corrected chi connectivity index (χ1v) is 7.96. The van der Waals surface area contributed by atoms with Gasteiger partial charge in [0.05, 0.1) is 18.4 Å². The summed E-state index contributed by atoms with van der Waals surface area (Å²) in [4.78, 5) is 22.2. The van der Waals surface area contributed by atoms with Gasteiger partial charge >= 0.3 is 6.03 Å². The molecular weight excluding hydrogens is 307 g/mol. The van der Waals surface area contributed by atoms with Crippen molar-refractivity contribution in [3.8, 4) is 0 Å². The molecule has 0 aliphatic carbocycles. The summed E-state index contributed by atoms with van der Waals surface area (Å²) in [6.45, 7) is 4.50. The summed E-state index contributed by atoms with van der Waals surface area (Å²) in [5, 5.41) is 3.04. The summed E-state index contributed by atoms with van der Waals surface area (Å²) >= 11 is 0. The molecule has 0 spiro atoms. The van der Waals surface area contributed by atoms with Crippen molar-refractivity contribution in [3.05, 3.63) is 59.9 Å². The number of carbonyl (C=O) groups excluding carboxylic acids is 1. The molecule has 1 N–H and O–H groups in total. The number of hydrogen-bond donors (Lipinski definition) is 1. The molecule has 1 aromatic carbocycles. The molecule has 0 aliphatic rings. The molecule has 2 aromatic rings. The van der Waals surface area contributed by atoms with E-state index in [0.29, 0.717) is 13.0 Å². The van der Waals surface area contributed by atoms with Crippen LogP contribution in [0.1, 0.15) is 25.1 Å². The number of urea groups is 1. The predicted molar refractivity (Wildman–Crippen MR) is 90.8 cm³/mol. The number of halogens is 1. The van der Waals surface area contributed by atoms with Crippen molar-refractivity contribution in [2.45, 2.75) is 32.9 Å². The molecule has 0 radical (unpaired) electrons. The average molecular weight is 330 g/mol. The minimum absolute atomic E-state index is 0.0349. The molecule has 0 saturated heterocycles. The highest BCUT2D eigenvalue weighted by atomic mass is 19.1. The molecule has 6 heteroatoms. The Kier molecular flexibility index (Phi) is 6.23. The zero-order valence-electron chi connectivity index (χ0n) is 14.2. The number of aromatic nitrogens is 2. The second kappa shape index (κ2) is 8.38. The predicted octanol–water partition coefficient (Wildman–Crippen LogP) is 3.02. The fourth-order valence-corrected chi connectivity index (χ4v) is 2.32. The second-order valence-electron chi connectivity index (χ2n) is 6.18. The van der Waals surface area contributed by atoms with E-state index in [0.717, 1.165) is 11.3 Å². The fraction of sp³-hybridized carbons (Fsp3) is 0.389.